The van der Waals surface area contributed by atoms with Gasteiger partial charge in [-0.3, -0.25) is 9.10 Å². The van der Waals surface area contributed by atoms with Gasteiger partial charge in [-0.2, -0.15) is 18.3 Å². The number of hydrogen-bond acceptors (Lipinski definition) is 4. The maximum absolute atomic E-state index is 13.0. The molecule has 0 spiro atoms. The highest BCUT2D eigenvalue weighted by Gasteiger charge is 2.30. The fourth-order valence-corrected chi connectivity index (χ4v) is 3.00. The number of rotatable bonds is 6. The quantitative estimate of drug-likeness (QED) is 0.446. The molecule has 11 heteroatoms. The lowest BCUT2D eigenvalue weighted by atomic mass is 10.1. The standard InChI is InChI=1S/C17H15F4N3O3S/c1-28(26,27)24(15-7-5-14(18)6-8-15)11-16(25)23-22-10-12-3-2-4-13(9-12)17(19,20)21/h2-10H,11H2,1H3,(H,23,25)/b22-10-. The van der Waals surface area contributed by atoms with Crippen molar-refractivity contribution in [2.75, 3.05) is 17.1 Å². The van der Waals surface area contributed by atoms with Gasteiger partial charge in [0.25, 0.3) is 5.91 Å². The van der Waals surface area contributed by atoms with Crippen LogP contribution in [0.25, 0.3) is 0 Å². The monoisotopic (exact) mass is 417 g/mol. The molecule has 2 aromatic rings. The van der Waals surface area contributed by atoms with E-state index in [2.05, 4.69) is 5.10 Å². The summed E-state index contributed by atoms with van der Waals surface area (Å²) >= 11 is 0. The molecule has 0 saturated heterocycles. The van der Waals surface area contributed by atoms with Crippen molar-refractivity contribution < 1.29 is 30.8 Å². The Hall–Kier alpha value is -2.95. The number of hydrazone groups is 1. The molecule has 0 fully saturated rings. The van der Waals surface area contributed by atoms with Gasteiger partial charge in [0.1, 0.15) is 12.4 Å². The van der Waals surface area contributed by atoms with Crippen LogP contribution in [0.15, 0.2) is 53.6 Å². The fraction of sp³-hybridized carbons (Fsp3) is 0.176. The molecule has 0 heterocycles. The molecule has 1 N–H and O–H groups in total. The zero-order valence-corrected chi connectivity index (χ0v) is 15.3. The first-order chi connectivity index (χ1) is 13.0. The first kappa shape index (κ1) is 21.4. The van der Waals surface area contributed by atoms with Crippen LogP contribution < -0.4 is 9.73 Å². The van der Waals surface area contributed by atoms with Crippen LogP contribution in [-0.2, 0) is 21.0 Å². The third kappa shape index (κ3) is 6.05. The molecule has 0 aliphatic rings. The van der Waals surface area contributed by atoms with Gasteiger partial charge in [-0.05, 0) is 42.0 Å². The van der Waals surface area contributed by atoms with Crippen molar-refractivity contribution in [1.29, 1.82) is 0 Å². The van der Waals surface area contributed by atoms with Gasteiger partial charge >= 0.3 is 6.18 Å². The minimum absolute atomic E-state index is 0.0703. The van der Waals surface area contributed by atoms with E-state index in [9.17, 15) is 30.8 Å². The van der Waals surface area contributed by atoms with E-state index in [1.807, 2.05) is 5.43 Å². The van der Waals surface area contributed by atoms with Gasteiger partial charge in [0.05, 0.1) is 23.7 Å². The Morgan fingerprint density at radius 1 is 1.18 bits per heavy atom. The van der Waals surface area contributed by atoms with E-state index >= 15 is 0 Å². The van der Waals surface area contributed by atoms with Crippen LogP contribution in [0.5, 0.6) is 0 Å². The summed E-state index contributed by atoms with van der Waals surface area (Å²) in [7, 11) is -3.85. The van der Waals surface area contributed by atoms with Gasteiger partial charge in [0.15, 0.2) is 0 Å². The van der Waals surface area contributed by atoms with E-state index < -0.39 is 40.0 Å². The number of halogens is 4. The zero-order chi connectivity index (χ0) is 20.9. The lowest BCUT2D eigenvalue weighted by Crippen LogP contribution is -2.39. The smallest absolute Gasteiger partial charge is 0.271 e. The summed E-state index contributed by atoms with van der Waals surface area (Å²) in [5.41, 5.74) is 1.33. The second-order valence-corrected chi connectivity index (χ2v) is 7.57. The predicted molar refractivity (Wildman–Crippen MR) is 95.8 cm³/mol. The van der Waals surface area contributed by atoms with Gasteiger partial charge in [-0.15, -0.1) is 0 Å². The zero-order valence-electron chi connectivity index (χ0n) is 14.4. The van der Waals surface area contributed by atoms with Crippen LogP contribution >= 0.6 is 0 Å². The molecular formula is C17H15F4N3O3S. The van der Waals surface area contributed by atoms with Crippen molar-refractivity contribution in [3.8, 4) is 0 Å². The molecule has 28 heavy (non-hydrogen) atoms. The average molecular weight is 417 g/mol. The summed E-state index contributed by atoms with van der Waals surface area (Å²) in [6, 6.07) is 8.73. The molecule has 2 rings (SSSR count). The first-order valence-electron chi connectivity index (χ1n) is 7.69. The number of carbonyl (C=O) groups is 1. The van der Waals surface area contributed by atoms with Crippen molar-refractivity contribution in [2.45, 2.75) is 6.18 Å². The van der Waals surface area contributed by atoms with Gasteiger partial charge in [-0.25, -0.2) is 18.2 Å². The maximum atomic E-state index is 13.0. The lowest BCUT2D eigenvalue weighted by Gasteiger charge is -2.21. The van der Waals surface area contributed by atoms with Crippen LogP contribution in [0.4, 0.5) is 23.2 Å². The Morgan fingerprint density at radius 3 is 2.39 bits per heavy atom. The molecule has 0 aliphatic heterocycles. The molecule has 1 amide bonds. The molecule has 0 atom stereocenters. The summed E-state index contributed by atoms with van der Waals surface area (Å²) in [4.78, 5) is 12.0. The number of anilines is 1. The van der Waals surface area contributed by atoms with Crippen LogP contribution in [0, 0.1) is 5.82 Å². The third-order valence-electron chi connectivity index (χ3n) is 3.42. The van der Waals surface area contributed by atoms with Crippen molar-refractivity contribution in [3.63, 3.8) is 0 Å². The third-order valence-corrected chi connectivity index (χ3v) is 4.56. The Bertz CT molecular complexity index is 974. The number of alkyl halides is 3. The van der Waals surface area contributed by atoms with Crippen molar-refractivity contribution in [3.05, 3.63) is 65.5 Å². The Kier molecular flexibility index (Phi) is 6.39. The Balaban J connectivity index is 2.07. The predicted octanol–water partition coefficient (Wildman–Crippen LogP) is 2.76. The minimum Gasteiger partial charge on any atom is -0.271 e. The normalized spacial score (nSPS) is 12.2. The fourth-order valence-electron chi connectivity index (χ4n) is 2.15. The molecule has 0 radical (unpaired) electrons. The average Bonchev–Trinajstić information content (AvgIpc) is 2.59. The molecule has 2 aromatic carbocycles. The molecule has 6 nitrogen and oxygen atoms in total. The van der Waals surface area contributed by atoms with Crippen molar-refractivity contribution in [2.24, 2.45) is 5.10 Å². The number of sulfonamides is 1. The number of amides is 1. The molecule has 0 unspecified atom stereocenters. The van der Waals surface area contributed by atoms with Crippen molar-refractivity contribution >= 4 is 27.8 Å². The Morgan fingerprint density at radius 2 is 1.82 bits per heavy atom. The van der Waals surface area contributed by atoms with Crippen LogP contribution in [-0.4, -0.2) is 33.3 Å². The van der Waals surface area contributed by atoms with E-state index in [4.69, 9.17) is 0 Å². The maximum Gasteiger partial charge on any atom is 0.416 e. The van der Waals surface area contributed by atoms with E-state index in [1.165, 1.54) is 24.3 Å². The Labute approximate surface area is 158 Å². The van der Waals surface area contributed by atoms with Crippen LogP contribution in [0.3, 0.4) is 0 Å². The number of nitrogens with zero attached hydrogens (tertiary/aromatic N) is 2. The van der Waals surface area contributed by atoms with Crippen LogP contribution in [0.1, 0.15) is 11.1 Å². The SMILES string of the molecule is CS(=O)(=O)N(CC(=O)N/N=C\c1cccc(C(F)(F)F)c1)c1ccc(F)cc1. The van der Waals surface area contributed by atoms with Crippen LogP contribution in [0.2, 0.25) is 0 Å². The second kappa shape index (κ2) is 8.38. The first-order valence-corrected chi connectivity index (χ1v) is 9.54. The molecule has 150 valence electrons. The largest absolute Gasteiger partial charge is 0.416 e. The van der Waals surface area contributed by atoms with E-state index in [1.54, 1.807) is 0 Å². The van der Waals surface area contributed by atoms with Crippen molar-refractivity contribution in [1.82, 2.24) is 5.43 Å². The van der Waals surface area contributed by atoms with E-state index in [0.29, 0.717) is 0 Å². The highest BCUT2D eigenvalue weighted by molar-refractivity contribution is 7.92. The number of nitrogens with one attached hydrogen (secondary N) is 1. The molecule has 0 saturated carbocycles. The topological polar surface area (TPSA) is 78.8 Å². The van der Waals surface area contributed by atoms with Gasteiger partial charge in [0.2, 0.25) is 10.0 Å². The van der Waals surface area contributed by atoms with Gasteiger partial charge in [0, 0.05) is 0 Å². The van der Waals surface area contributed by atoms with Gasteiger partial charge in [-0.1, -0.05) is 12.1 Å². The second-order valence-electron chi connectivity index (χ2n) is 5.66. The number of hydrogen-bond donors (Lipinski definition) is 1. The summed E-state index contributed by atoms with van der Waals surface area (Å²) < 4.78 is 75.5. The molecule has 0 aliphatic carbocycles. The number of carbonyl (C=O) groups excluding carboxylic acids is 1. The molecule has 0 aromatic heterocycles. The highest BCUT2D eigenvalue weighted by Crippen LogP contribution is 2.29. The summed E-state index contributed by atoms with van der Waals surface area (Å²) in [6.45, 7) is -0.648. The minimum atomic E-state index is -4.52. The number of benzene rings is 2. The molecular weight excluding hydrogens is 402 g/mol. The highest BCUT2D eigenvalue weighted by atomic mass is 32.2. The summed E-state index contributed by atoms with van der Waals surface area (Å²) in [6.07, 6.45) is -2.65. The van der Waals surface area contributed by atoms with E-state index in [-0.39, 0.29) is 11.3 Å². The van der Waals surface area contributed by atoms with Gasteiger partial charge < -0.3 is 0 Å². The molecule has 0 bridgehead atoms. The summed E-state index contributed by atoms with van der Waals surface area (Å²) in [5.74, 6) is -1.41. The van der Waals surface area contributed by atoms with E-state index in [0.717, 1.165) is 41.0 Å². The lowest BCUT2D eigenvalue weighted by molar-refractivity contribution is -0.137. The summed E-state index contributed by atoms with van der Waals surface area (Å²) in [5, 5.41) is 3.53.